The van der Waals surface area contributed by atoms with E-state index in [1.165, 1.54) is 6.07 Å². The topological polar surface area (TPSA) is 86.6 Å². The molecule has 0 radical (unpaired) electrons. The Morgan fingerprint density at radius 3 is 2.27 bits per heavy atom. The van der Waals surface area contributed by atoms with Crippen molar-refractivity contribution < 1.29 is 9.13 Å². The molecular formula is C24H24ClFN6O. The fourth-order valence-electron chi connectivity index (χ4n) is 3.51. The number of fused-ring (bicyclic) bond motifs is 1. The van der Waals surface area contributed by atoms with E-state index < -0.39 is 5.82 Å². The maximum absolute atomic E-state index is 14.6. The van der Waals surface area contributed by atoms with E-state index >= 15 is 0 Å². The molecule has 5 rings (SSSR count). The molecule has 7 nitrogen and oxygen atoms in total. The number of hydrogen-bond acceptors (Lipinski definition) is 7. The van der Waals surface area contributed by atoms with Crippen LogP contribution in [0, 0.1) is 26.6 Å². The van der Waals surface area contributed by atoms with E-state index in [1.807, 2.05) is 20.8 Å². The zero-order valence-electron chi connectivity index (χ0n) is 18.7. The van der Waals surface area contributed by atoms with Gasteiger partial charge in [0.1, 0.15) is 28.7 Å². The molecule has 3 aromatic heterocycles. The maximum atomic E-state index is 14.6. The summed E-state index contributed by atoms with van der Waals surface area (Å²) in [4.78, 5) is 26.2. The Balaban J connectivity index is 0.000000318. The molecule has 0 N–H and O–H groups in total. The van der Waals surface area contributed by atoms with Gasteiger partial charge in [-0.3, -0.25) is 0 Å². The molecule has 0 unspecified atom stereocenters. The second-order valence-corrected chi connectivity index (χ2v) is 8.24. The Bertz CT molecular complexity index is 1270. The Hall–Kier alpha value is -3.10. The van der Waals surface area contributed by atoms with Crippen molar-refractivity contribution in [3.05, 3.63) is 70.5 Å². The monoisotopic (exact) mass is 466 g/mol. The lowest BCUT2D eigenvalue weighted by molar-refractivity contribution is 0.0836. The molecule has 0 atom stereocenters. The summed E-state index contributed by atoms with van der Waals surface area (Å²) in [5.74, 6) is 1.23. The standard InChI is InChI=1S/C19H18ClFN4O.C5H6N2/c1-10-11(2)23-19-17(22-10)16(14-4-3-13(20)9-15(14)21)24-18(25-19)12-5-7-26-8-6-12;1-5-6-3-2-4-7-5/h3-4,9,12H,5-8H2,1-2H3;2-4H,1H3. The van der Waals surface area contributed by atoms with Gasteiger partial charge in [0.15, 0.2) is 5.65 Å². The molecule has 4 heterocycles. The maximum Gasteiger partial charge on any atom is 0.182 e. The van der Waals surface area contributed by atoms with Gasteiger partial charge in [0.05, 0.1) is 11.4 Å². The van der Waals surface area contributed by atoms with E-state index in [-0.39, 0.29) is 5.92 Å². The van der Waals surface area contributed by atoms with Crippen molar-refractivity contribution in [2.24, 2.45) is 0 Å². The van der Waals surface area contributed by atoms with E-state index in [4.69, 9.17) is 21.3 Å². The Kier molecular flexibility index (Phi) is 7.15. The first kappa shape index (κ1) is 23.1. The highest BCUT2D eigenvalue weighted by Crippen LogP contribution is 2.32. The van der Waals surface area contributed by atoms with E-state index in [1.54, 1.807) is 30.6 Å². The summed E-state index contributed by atoms with van der Waals surface area (Å²) in [6.45, 7) is 6.97. The summed E-state index contributed by atoms with van der Waals surface area (Å²) in [5, 5.41) is 0.340. The molecular weight excluding hydrogens is 443 g/mol. The summed E-state index contributed by atoms with van der Waals surface area (Å²) in [6.07, 6.45) is 5.13. The van der Waals surface area contributed by atoms with Crippen molar-refractivity contribution in [2.75, 3.05) is 13.2 Å². The number of aryl methyl sites for hydroxylation is 3. The Morgan fingerprint density at radius 1 is 0.939 bits per heavy atom. The highest BCUT2D eigenvalue weighted by molar-refractivity contribution is 6.30. The smallest absolute Gasteiger partial charge is 0.182 e. The van der Waals surface area contributed by atoms with Gasteiger partial charge in [-0.1, -0.05) is 11.6 Å². The summed E-state index contributed by atoms with van der Waals surface area (Å²) in [7, 11) is 0. The van der Waals surface area contributed by atoms with Crippen LogP contribution in [-0.4, -0.2) is 43.1 Å². The molecule has 9 heteroatoms. The lowest BCUT2D eigenvalue weighted by atomic mass is 9.99. The number of rotatable bonds is 2. The second kappa shape index (κ2) is 10.2. The fourth-order valence-corrected chi connectivity index (χ4v) is 3.67. The van der Waals surface area contributed by atoms with Crippen LogP contribution in [0.1, 0.15) is 41.8 Å². The number of halogens is 2. The second-order valence-electron chi connectivity index (χ2n) is 7.80. The Labute approximate surface area is 196 Å². The number of aromatic nitrogens is 6. The molecule has 1 aliphatic heterocycles. The number of hydrogen-bond donors (Lipinski definition) is 0. The molecule has 0 aliphatic carbocycles. The van der Waals surface area contributed by atoms with Crippen molar-refractivity contribution in [1.82, 2.24) is 29.9 Å². The van der Waals surface area contributed by atoms with Gasteiger partial charge >= 0.3 is 0 Å². The quantitative estimate of drug-likeness (QED) is 0.402. The molecule has 4 aromatic rings. The average Bonchev–Trinajstić information content (AvgIpc) is 2.81. The minimum Gasteiger partial charge on any atom is -0.381 e. The summed E-state index contributed by atoms with van der Waals surface area (Å²) in [5.41, 5.74) is 3.39. The molecule has 0 saturated carbocycles. The van der Waals surface area contributed by atoms with Crippen molar-refractivity contribution in [2.45, 2.75) is 39.5 Å². The largest absolute Gasteiger partial charge is 0.381 e. The minimum atomic E-state index is -0.435. The molecule has 1 aromatic carbocycles. The third-order valence-corrected chi connectivity index (χ3v) is 5.66. The van der Waals surface area contributed by atoms with Crippen LogP contribution in [-0.2, 0) is 4.74 Å². The minimum absolute atomic E-state index is 0.172. The van der Waals surface area contributed by atoms with Crippen LogP contribution in [0.15, 0.2) is 36.7 Å². The first-order valence-electron chi connectivity index (χ1n) is 10.7. The molecule has 170 valence electrons. The normalized spacial score (nSPS) is 14.1. The molecule has 0 bridgehead atoms. The van der Waals surface area contributed by atoms with Crippen molar-refractivity contribution >= 4 is 22.8 Å². The van der Waals surface area contributed by atoms with Crippen LogP contribution in [0.25, 0.3) is 22.4 Å². The third kappa shape index (κ3) is 5.46. The van der Waals surface area contributed by atoms with Crippen LogP contribution in [0.4, 0.5) is 4.39 Å². The lowest BCUT2D eigenvalue weighted by Gasteiger charge is -2.21. The van der Waals surface area contributed by atoms with E-state index in [0.717, 1.165) is 30.1 Å². The van der Waals surface area contributed by atoms with Gasteiger partial charge in [-0.2, -0.15) is 0 Å². The highest BCUT2D eigenvalue weighted by atomic mass is 35.5. The van der Waals surface area contributed by atoms with E-state index in [9.17, 15) is 4.39 Å². The summed E-state index contributed by atoms with van der Waals surface area (Å²) in [6, 6.07) is 6.36. The third-order valence-electron chi connectivity index (χ3n) is 5.43. The molecule has 1 saturated heterocycles. The van der Waals surface area contributed by atoms with Crippen LogP contribution in [0.3, 0.4) is 0 Å². The van der Waals surface area contributed by atoms with Crippen LogP contribution in [0.5, 0.6) is 0 Å². The number of ether oxygens (including phenoxy) is 1. The highest BCUT2D eigenvalue weighted by Gasteiger charge is 2.23. The van der Waals surface area contributed by atoms with Crippen molar-refractivity contribution in [1.29, 1.82) is 0 Å². The van der Waals surface area contributed by atoms with Crippen LogP contribution < -0.4 is 0 Å². The molecule has 33 heavy (non-hydrogen) atoms. The van der Waals surface area contributed by atoms with Crippen molar-refractivity contribution in [3.8, 4) is 11.3 Å². The summed E-state index contributed by atoms with van der Waals surface area (Å²) < 4.78 is 20.0. The fraction of sp³-hybridized carbons (Fsp3) is 0.333. The van der Waals surface area contributed by atoms with Gasteiger partial charge in [-0.05, 0) is 57.9 Å². The molecule has 0 amide bonds. The zero-order valence-corrected chi connectivity index (χ0v) is 19.5. The predicted molar refractivity (Wildman–Crippen MR) is 125 cm³/mol. The van der Waals surface area contributed by atoms with Crippen LogP contribution >= 0.6 is 11.6 Å². The van der Waals surface area contributed by atoms with Gasteiger partial charge in [-0.15, -0.1) is 0 Å². The SMILES string of the molecule is Cc1nc2nc(C3CCOCC3)nc(-c3ccc(Cl)cc3F)c2nc1C.Cc1ncccn1. The zero-order chi connectivity index (χ0) is 23.4. The lowest BCUT2D eigenvalue weighted by Crippen LogP contribution is -2.17. The van der Waals surface area contributed by atoms with Gasteiger partial charge in [0.25, 0.3) is 0 Å². The molecule has 0 spiro atoms. The number of nitrogens with zero attached hydrogens (tertiary/aromatic N) is 6. The van der Waals surface area contributed by atoms with E-state index in [2.05, 4.69) is 24.9 Å². The van der Waals surface area contributed by atoms with Crippen LogP contribution in [0.2, 0.25) is 5.02 Å². The predicted octanol–water partition coefficient (Wildman–Crippen LogP) is 5.18. The summed E-state index contributed by atoms with van der Waals surface area (Å²) >= 11 is 5.91. The Morgan fingerprint density at radius 2 is 1.64 bits per heavy atom. The van der Waals surface area contributed by atoms with Crippen molar-refractivity contribution in [3.63, 3.8) is 0 Å². The van der Waals surface area contributed by atoms with E-state index in [0.29, 0.717) is 46.5 Å². The molecule has 1 fully saturated rings. The average molecular weight is 467 g/mol. The molecule has 1 aliphatic rings. The van der Waals surface area contributed by atoms with Gasteiger partial charge < -0.3 is 4.74 Å². The first-order chi connectivity index (χ1) is 15.9. The van der Waals surface area contributed by atoms with Gasteiger partial charge in [0, 0.05) is 42.1 Å². The first-order valence-corrected chi connectivity index (χ1v) is 11.1. The number of benzene rings is 1. The van der Waals surface area contributed by atoms with Gasteiger partial charge in [-0.25, -0.2) is 34.3 Å². The van der Waals surface area contributed by atoms with Gasteiger partial charge in [0.2, 0.25) is 0 Å².